The van der Waals surface area contributed by atoms with Crippen LogP contribution in [0.25, 0.3) is 0 Å². The van der Waals surface area contributed by atoms with Crippen LogP contribution in [0.2, 0.25) is 0 Å². The highest BCUT2D eigenvalue weighted by molar-refractivity contribution is 8.00. The SMILES string of the molecule is O=C(CSc1ccccc1)Nc1ccc(NC(=O)NCc2ccco2)cc1. The summed E-state index contributed by atoms with van der Waals surface area (Å²) in [6.07, 6.45) is 1.56. The maximum absolute atomic E-state index is 12.0. The van der Waals surface area contributed by atoms with Crippen molar-refractivity contribution in [3.05, 3.63) is 78.8 Å². The molecule has 0 aliphatic carbocycles. The zero-order chi connectivity index (χ0) is 18.9. The van der Waals surface area contributed by atoms with Crippen LogP contribution in [0.5, 0.6) is 0 Å². The molecule has 27 heavy (non-hydrogen) atoms. The number of carbonyl (C=O) groups is 2. The van der Waals surface area contributed by atoms with Crippen LogP contribution in [-0.2, 0) is 11.3 Å². The molecule has 3 aromatic rings. The van der Waals surface area contributed by atoms with E-state index in [4.69, 9.17) is 4.42 Å². The number of hydrogen-bond donors (Lipinski definition) is 3. The van der Waals surface area contributed by atoms with Crippen molar-refractivity contribution >= 4 is 35.1 Å². The lowest BCUT2D eigenvalue weighted by Gasteiger charge is -2.08. The smallest absolute Gasteiger partial charge is 0.319 e. The van der Waals surface area contributed by atoms with Crippen molar-refractivity contribution in [2.75, 3.05) is 16.4 Å². The van der Waals surface area contributed by atoms with Gasteiger partial charge in [0.05, 0.1) is 18.6 Å². The van der Waals surface area contributed by atoms with Gasteiger partial charge in [0.1, 0.15) is 5.76 Å². The molecule has 0 unspecified atom stereocenters. The van der Waals surface area contributed by atoms with E-state index in [0.717, 1.165) is 4.90 Å². The molecular weight excluding hydrogens is 362 g/mol. The van der Waals surface area contributed by atoms with Gasteiger partial charge in [0.25, 0.3) is 0 Å². The third kappa shape index (κ3) is 6.23. The predicted octanol–water partition coefficient (Wildman–Crippen LogP) is 4.33. The number of furan rings is 1. The highest BCUT2D eigenvalue weighted by Gasteiger charge is 2.06. The largest absolute Gasteiger partial charge is 0.467 e. The van der Waals surface area contributed by atoms with E-state index in [-0.39, 0.29) is 11.9 Å². The lowest BCUT2D eigenvalue weighted by Crippen LogP contribution is -2.27. The molecule has 1 aromatic heterocycles. The number of nitrogens with one attached hydrogen (secondary N) is 3. The number of urea groups is 1. The van der Waals surface area contributed by atoms with Crippen molar-refractivity contribution in [2.24, 2.45) is 0 Å². The molecule has 0 saturated carbocycles. The Labute approximate surface area is 161 Å². The van der Waals surface area contributed by atoms with Crippen LogP contribution in [-0.4, -0.2) is 17.7 Å². The molecule has 0 saturated heterocycles. The molecule has 0 spiro atoms. The summed E-state index contributed by atoms with van der Waals surface area (Å²) in [6, 6.07) is 19.9. The third-order valence-electron chi connectivity index (χ3n) is 3.54. The predicted molar refractivity (Wildman–Crippen MR) is 107 cm³/mol. The summed E-state index contributed by atoms with van der Waals surface area (Å²) in [7, 11) is 0. The molecule has 1 heterocycles. The van der Waals surface area contributed by atoms with Gasteiger partial charge in [-0.2, -0.15) is 0 Å². The van der Waals surface area contributed by atoms with E-state index in [2.05, 4.69) is 16.0 Å². The summed E-state index contributed by atoms with van der Waals surface area (Å²) in [5, 5.41) is 8.26. The molecule has 6 nitrogen and oxygen atoms in total. The Hall–Kier alpha value is -3.19. The molecule has 0 bridgehead atoms. The van der Waals surface area contributed by atoms with Gasteiger partial charge in [0.15, 0.2) is 0 Å². The van der Waals surface area contributed by atoms with Crippen molar-refractivity contribution in [3.63, 3.8) is 0 Å². The Morgan fingerprint density at radius 1 is 0.852 bits per heavy atom. The number of carbonyl (C=O) groups excluding carboxylic acids is 2. The van der Waals surface area contributed by atoms with E-state index in [1.54, 1.807) is 42.7 Å². The van der Waals surface area contributed by atoms with Gasteiger partial charge in [0, 0.05) is 16.3 Å². The van der Waals surface area contributed by atoms with Crippen LogP contribution in [0.3, 0.4) is 0 Å². The summed E-state index contributed by atoms with van der Waals surface area (Å²) in [5.74, 6) is 0.927. The molecule has 2 aromatic carbocycles. The van der Waals surface area contributed by atoms with Crippen molar-refractivity contribution < 1.29 is 14.0 Å². The van der Waals surface area contributed by atoms with Crippen molar-refractivity contribution in [1.82, 2.24) is 5.32 Å². The van der Waals surface area contributed by atoms with Crippen LogP contribution in [0, 0.1) is 0 Å². The Morgan fingerprint density at radius 2 is 1.56 bits per heavy atom. The lowest BCUT2D eigenvalue weighted by atomic mass is 10.3. The Balaban J connectivity index is 1.42. The number of thioether (sulfide) groups is 1. The van der Waals surface area contributed by atoms with Gasteiger partial charge in [-0.3, -0.25) is 4.79 Å². The summed E-state index contributed by atoms with van der Waals surface area (Å²) in [5.41, 5.74) is 1.30. The molecule has 138 valence electrons. The molecule has 3 rings (SSSR count). The summed E-state index contributed by atoms with van der Waals surface area (Å²) in [4.78, 5) is 24.9. The minimum Gasteiger partial charge on any atom is -0.467 e. The van der Waals surface area contributed by atoms with E-state index < -0.39 is 0 Å². The van der Waals surface area contributed by atoms with Crippen molar-refractivity contribution in [2.45, 2.75) is 11.4 Å². The minimum absolute atomic E-state index is 0.0826. The average molecular weight is 381 g/mol. The van der Waals surface area contributed by atoms with Crippen LogP contribution in [0.15, 0.2) is 82.3 Å². The van der Waals surface area contributed by atoms with Crippen LogP contribution >= 0.6 is 11.8 Å². The van der Waals surface area contributed by atoms with E-state index in [0.29, 0.717) is 29.4 Å². The van der Waals surface area contributed by atoms with Crippen LogP contribution in [0.1, 0.15) is 5.76 Å². The van der Waals surface area contributed by atoms with Gasteiger partial charge in [-0.05, 0) is 48.5 Å². The summed E-state index contributed by atoms with van der Waals surface area (Å²) >= 11 is 1.48. The van der Waals surface area contributed by atoms with Crippen LogP contribution in [0.4, 0.5) is 16.2 Å². The first-order valence-electron chi connectivity index (χ1n) is 8.34. The Morgan fingerprint density at radius 3 is 2.22 bits per heavy atom. The zero-order valence-corrected chi connectivity index (χ0v) is 15.3. The first-order valence-corrected chi connectivity index (χ1v) is 9.32. The highest BCUT2D eigenvalue weighted by Crippen LogP contribution is 2.18. The second-order valence-electron chi connectivity index (χ2n) is 5.61. The van der Waals surface area contributed by atoms with E-state index in [9.17, 15) is 9.59 Å². The maximum Gasteiger partial charge on any atom is 0.319 e. The summed E-state index contributed by atoms with van der Waals surface area (Å²) < 4.78 is 5.15. The van der Waals surface area contributed by atoms with Crippen molar-refractivity contribution in [1.29, 1.82) is 0 Å². The number of anilines is 2. The average Bonchev–Trinajstić information content (AvgIpc) is 3.21. The molecule has 0 atom stereocenters. The molecule has 3 N–H and O–H groups in total. The lowest BCUT2D eigenvalue weighted by molar-refractivity contribution is -0.113. The minimum atomic E-state index is -0.331. The van der Waals surface area contributed by atoms with Gasteiger partial charge in [-0.25, -0.2) is 4.79 Å². The number of hydrogen-bond acceptors (Lipinski definition) is 4. The molecule has 0 aliphatic heterocycles. The normalized spacial score (nSPS) is 10.2. The third-order valence-corrected chi connectivity index (χ3v) is 4.55. The fourth-order valence-corrected chi connectivity index (χ4v) is 2.97. The van der Waals surface area contributed by atoms with Gasteiger partial charge in [0.2, 0.25) is 5.91 Å². The Bertz CT molecular complexity index is 865. The molecule has 0 radical (unpaired) electrons. The Kier molecular flexibility index (Phi) is 6.54. The number of rotatable bonds is 7. The number of benzene rings is 2. The highest BCUT2D eigenvalue weighted by atomic mass is 32.2. The van der Waals surface area contributed by atoms with E-state index >= 15 is 0 Å². The first kappa shape index (κ1) is 18.6. The quantitative estimate of drug-likeness (QED) is 0.532. The number of amides is 3. The molecule has 0 aliphatic rings. The fourth-order valence-electron chi connectivity index (χ4n) is 2.26. The van der Waals surface area contributed by atoms with E-state index in [1.807, 2.05) is 30.3 Å². The first-order chi connectivity index (χ1) is 13.2. The standard InChI is InChI=1S/C20H19N3O3S/c24-19(14-27-18-6-2-1-3-7-18)22-15-8-10-16(11-9-15)23-20(25)21-13-17-5-4-12-26-17/h1-12H,13-14H2,(H,22,24)(H2,21,23,25). The van der Waals surface area contributed by atoms with Gasteiger partial charge in [-0.1, -0.05) is 18.2 Å². The molecule has 3 amide bonds. The second-order valence-corrected chi connectivity index (χ2v) is 6.66. The van der Waals surface area contributed by atoms with Gasteiger partial charge < -0.3 is 20.4 Å². The monoisotopic (exact) mass is 381 g/mol. The second kappa shape index (κ2) is 9.49. The van der Waals surface area contributed by atoms with Crippen LogP contribution < -0.4 is 16.0 Å². The van der Waals surface area contributed by atoms with E-state index in [1.165, 1.54) is 11.8 Å². The molecular formula is C20H19N3O3S. The zero-order valence-electron chi connectivity index (χ0n) is 14.5. The topological polar surface area (TPSA) is 83.4 Å². The van der Waals surface area contributed by atoms with Crippen molar-refractivity contribution in [3.8, 4) is 0 Å². The molecule has 0 fully saturated rings. The fraction of sp³-hybridized carbons (Fsp3) is 0.100. The van der Waals surface area contributed by atoms with Gasteiger partial charge >= 0.3 is 6.03 Å². The molecule has 7 heteroatoms. The summed E-state index contributed by atoms with van der Waals surface area (Å²) in [6.45, 7) is 0.312. The maximum atomic E-state index is 12.0. The van der Waals surface area contributed by atoms with Gasteiger partial charge in [-0.15, -0.1) is 11.8 Å².